The highest BCUT2D eigenvalue weighted by Gasteiger charge is 2.22. The summed E-state index contributed by atoms with van der Waals surface area (Å²) in [5, 5.41) is 0. The summed E-state index contributed by atoms with van der Waals surface area (Å²) in [6.07, 6.45) is 2.62. The van der Waals surface area contributed by atoms with Crippen molar-refractivity contribution in [2.45, 2.75) is 42.9 Å². The molecule has 0 unspecified atom stereocenters. The lowest BCUT2D eigenvalue weighted by Crippen LogP contribution is -2.05. The summed E-state index contributed by atoms with van der Waals surface area (Å²) in [6, 6.07) is 13.2. The van der Waals surface area contributed by atoms with Crippen molar-refractivity contribution in [2.75, 3.05) is 0 Å². The second-order valence-corrected chi connectivity index (χ2v) is 8.58. The number of aromatic nitrogens is 1. The molecular weight excluding hydrogens is 380 g/mol. The molecule has 3 aromatic rings. The minimum atomic E-state index is -3.97. The van der Waals surface area contributed by atoms with E-state index < -0.39 is 21.6 Å². The Morgan fingerprint density at radius 2 is 1.68 bits per heavy atom. The van der Waals surface area contributed by atoms with Gasteiger partial charge in [0.2, 0.25) is 15.8 Å². The molecule has 0 atom stereocenters. The van der Waals surface area contributed by atoms with Gasteiger partial charge in [0.1, 0.15) is 10.7 Å². The van der Waals surface area contributed by atoms with Gasteiger partial charge in [-0.05, 0) is 67.3 Å². The molecule has 0 saturated heterocycles. The lowest BCUT2D eigenvalue weighted by atomic mass is 10.1. The highest BCUT2D eigenvalue weighted by atomic mass is 32.2. The van der Waals surface area contributed by atoms with E-state index in [-0.39, 0.29) is 9.79 Å². The van der Waals surface area contributed by atoms with E-state index in [1.54, 1.807) is 31.2 Å². The number of nitrogens with zero attached hydrogens (tertiary/aromatic N) is 1. The van der Waals surface area contributed by atoms with Gasteiger partial charge in [-0.15, -0.1) is 0 Å². The van der Waals surface area contributed by atoms with Crippen molar-refractivity contribution in [3.63, 3.8) is 0 Å². The Morgan fingerprint density at radius 1 is 0.964 bits per heavy atom. The maximum atomic E-state index is 14.5. The lowest BCUT2D eigenvalue weighted by molar-refractivity contribution is 0.565. The normalized spacial score (nSPS) is 11.6. The fourth-order valence-electron chi connectivity index (χ4n) is 3.07. The van der Waals surface area contributed by atoms with Crippen LogP contribution >= 0.6 is 0 Å². The third kappa shape index (κ3) is 4.12. The van der Waals surface area contributed by atoms with E-state index in [1.165, 1.54) is 30.3 Å². The Morgan fingerprint density at radius 3 is 2.29 bits per heavy atom. The van der Waals surface area contributed by atoms with Crippen LogP contribution in [0, 0.1) is 18.7 Å². The van der Waals surface area contributed by atoms with E-state index in [0.29, 0.717) is 23.2 Å². The summed E-state index contributed by atoms with van der Waals surface area (Å²) < 4.78 is 53.3. The third-order valence-electron chi connectivity index (χ3n) is 4.63. The topological polar surface area (TPSA) is 47.0 Å². The Kier molecular flexibility index (Phi) is 5.89. The van der Waals surface area contributed by atoms with Crippen molar-refractivity contribution in [1.82, 2.24) is 4.98 Å². The molecule has 0 N–H and O–H groups in total. The number of benzene rings is 2. The van der Waals surface area contributed by atoms with Crippen LogP contribution < -0.4 is 0 Å². The molecule has 2 aromatic carbocycles. The van der Waals surface area contributed by atoms with Crippen LogP contribution in [0.15, 0.2) is 64.4 Å². The lowest BCUT2D eigenvalue weighted by Gasteiger charge is -2.10. The summed E-state index contributed by atoms with van der Waals surface area (Å²) in [4.78, 5) is 3.45. The summed E-state index contributed by atoms with van der Waals surface area (Å²) in [5.74, 6) is -1.31. The van der Waals surface area contributed by atoms with Gasteiger partial charge in [0.05, 0.1) is 4.90 Å². The first-order valence-electron chi connectivity index (χ1n) is 9.10. The Labute approximate surface area is 164 Å². The van der Waals surface area contributed by atoms with E-state index >= 15 is 0 Å². The highest BCUT2D eigenvalue weighted by molar-refractivity contribution is 7.91. The number of sulfone groups is 1. The van der Waals surface area contributed by atoms with Crippen LogP contribution in [0.25, 0.3) is 11.1 Å². The smallest absolute Gasteiger partial charge is 0.213 e. The first-order valence-corrected chi connectivity index (χ1v) is 10.6. The fourth-order valence-corrected chi connectivity index (χ4v) is 4.39. The van der Waals surface area contributed by atoms with Crippen LogP contribution in [0.4, 0.5) is 8.78 Å². The summed E-state index contributed by atoms with van der Waals surface area (Å²) in [6.45, 7) is 3.72. The van der Waals surface area contributed by atoms with Gasteiger partial charge in [0, 0.05) is 11.3 Å². The van der Waals surface area contributed by atoms with Gasteiger partial charge in [0.25, 0.3) is 0 Å². The molecule has 0 saturated carbocycles. The van der Waals surface area contributed by atoms with Gasteiger partial charge < -0.3 is 0 Å². The first kappa shape index (κ1) is 20.1. The largest absolute Gasteiger partial charge is 0.224 e. The summed E-state index contributed by atoms with van der Waals surface area (Å²) in [7, 11) is -3.97. The molecule has 0 spiro atoms. The molecule has 0 radical (unpaired) electrons. The Balaban J connectivity index is 1.92. The standard InChI is InChI=1S/C22H21F2NO2S/c1-3-4-5-16-6-12-21(20(23)14-16)28(26,27)18-9-7-17(8-10-18)19-11-13-22(24)25-15(19)2/h6-14H,3-5H2,1-2H3. The monoisotopic (exact) mass is 401 g/mol. The first-order chi connectivity index (χ1) is 13.3. The van der Waals surface area contributed by atoms with Gasteiger partial charge in [-0.3, -0.25) is 0 Å². The van der Waals surface area contributed by atoms with Crippen molar-refractivity contribution >= 4 is 9.84 Å². The van der Waals surface area contributed by atoms with E-state index in [2.05, 4.69) is 4.98 Å². The predicted octanol–water partition coefficient (Wildman–Crippen LogP) is 5.51. The SMILES string of the molecule is CCCCc1ccc(S(=O)(=O)c2ccc(-c3ccc(F)nc3C)cc2)c(F)c1. The number of aryl methyl sites for hydroxylation is 2. The summed E-state index contributed by atoms with van der Waals surface area (Å²) in [5.41, 5.74) is 2.70. The van der Waals surface area contributed by atoms with Gasteiger partial charge in [-0.25, -0.2) is 17.8 Å². The van der Waals surface area contributed by atoms with Crippen molar-refractivity contribution in [2.24, 2.45) is 0 Å². The average molecular weight is 401 g/mol. The number of halogens is 2. The summed E-state index contributed by atoms with van der Waals surface area (Å²) >= 11 is 0. The number of hydrogen-bond donors (Lipinski definition) is 0. The van der Waals surface area contributed by atoms with Gasteiger partial charge in [-0.2, -0.15) is 4.39 Å². The van der Waals surface area contributed by atoms with E-state index in [9.17, 15) is 17.2 Å². The van der Waals surface area contributed by atoms with Crippen LogP contribution in [0.5, 0.6) is 0 Å². The molecule has 0 aliphatic rings. The van der Waals surface area contributed by atoms with Gasteiger partial charge in [-0.1, -0.05) is 31.5 Å². The zero-order valence-electron chi connectivity index (χ0n) is 15.7. The molecule has 3 rings (SSSR count). The average Bonchev–Trinajstić information content (AvgIpc) is 2.66. The number of pyridine rings is 1. The molecule has 0 amide bonds. The molecule has 3 nitrogen and oxygen atoms in total. The molecule has 1 aromatic heterocycles. The molecule has 6 heteroatoms. The predicted molar refractivity (Wildman–Crippen MR) is 105 cm³/mol. The van der Waals surface area contributed by atoms with Crippen molar-refractivity contribution < 1.29 is 17.2 Å². The molecule has 0 aliphatic carbocycles. The quantitative estimate of drug-likeness (QED) is 0.512. The van der Waals surface area contributed by atoms with Gasteiger partial charge >= 0.3 is 0 Å². The number of unbranched alkanes of at least 4 members (excludes halogenated alkanes) is 1. The van der Waals surface area contributed by atoms with Crippen LogP contribution in [-0.2, 0) is 16.3 Å². The number of hydrogen-bond acceptors (Lipinski definition) is 3. The highest BCUT2D eigenvalue weighted by Crippen LogP contribution is 2.28. The van der Waals surface area contributed by atoms with Gasteiger partial charge in [0.15, 0.2) is 0 Å². The minimum Gasteiger partial charge on any atom is -0.224 e. The van der Waals surface area contributed by atoms with Crippen LogP contribution in [0.1, 0.15) is 31.0 Å². The maximum Gasteiger partial charge on any atom is 0.213 e. The van der Waals surface area contributed by atoms with Crippen molar-refractivity contribution in [3.05, 3.63) is 77.6 Å². The van der Waals surface area contributed by atoms with Crippen LogP contribution in [0.2, 0.25) is 0 Å². The molecule has 0 bridgehead atoms. The van der Waals surface area contributed by atoms with Crippen molar-refractivity contribution in [1.29, 1.82) is 0 Å². The number of rotatable bonds is 6. The molecule has 0 aliphatic heterocycles. The van der Waals surface area contributed by atoms with Crippen LogP contribution in [-0.4, -0.2) is 13.4 Å². The Hall–Kier alpha value is -2.60. The second-order valence-electron chi connectivity index (χ2n) is 6.66. The molecule has 0 fully saturated rings. The van der Waals surface area contributed by atoms with Crippen molar-refractivity contribution in [3.8, 4) is 11.1 Å². The minimum absolute atomic E-state index is 0.00387. The Bertz CT molecular complexity index is 1090. The van der Waals surface area contributed by atoms with E-state index in [4.69, 9.17) is 0 Å². The third-order valence-corrected chi connectivity index (χ3v) is 6.44. The molecule has 28 heavy (non-hydrogen) atoms. The van der Waals surface area contributed by atoms with E-state index in [0.717, 1.165) is 18.4 Å². The molecular formula is C22H21F2NO2S. The fraction of sp³-hybridized carbons (Fsp3) is 0.227. The zero-order chi connectivity index (χ0) is 20.3. The molecule has 1 heterocycles. The molecule has 146 valence electrons. The zero-order valence-corrected chi connectivity index (χ0v) is 16.6. The van der Waals surface area contributed by atoms with Crippen LogP contribution in [0.3, 0.4) is 0 Å². The maximum absolute atomic E-state index is 14.5. The van der Waals surface area contributed by atoms with E-state index in [1.807, 2.05) is 6.92 Å². The second kappa shape index (κ2) is 8.19.